The molecule has 0 radical (unpaired) electrons. The summed E-state index contributed by atoms with van der Waals surface area (Å²) in [5.41, 5.74) is 0.762. The lowest BCUT2D eigenvalue weighted by Crippen LogP contribution is -2.27. The van der Waals surface area contributed by atoms with Crippen molar-refractivity contribution < 1.29 is 12.8 Å². The topological polar surface area (TPSA) is 71.3 Å². The third-order valence-corrected chi connectivity index (χ3v) is 5.22. The molecule has 0 aliphatic heterocycles. The van der Waals surface area contributed by atoms with Crippen LogP contribution in [0, 0.1) is 13.8 Å². The minimum atomic E-state index is -3.48. The van der Waals surface area contributed by atoms with Gasteiger partial charge in [0.25, 0.3) is 0 Å². The average Bonchev–Trinajstić information content (AvgIpc) is 3.13. The van der Waals surface area contributed by atoms with Gasteiger partial charge in [-0.3, -0.25) is 0 Å². The summed E-state index contributed by atoms with van der Waals surface area (Å²) >= 11 is 0. The maximum absolute atomic E-state index is 12.4. The zero-order chi connectivity index (χ0) is 14.8. The number of furan rings is 1. The minimum absolute atomic E-state index is 0.319. The number of unbranched alkanes of at least 4 members (excludes halogenated alkanes) is 1. The van der Waals surface area contributed by atoms with E-state index in [2.05, 4.69) is 10.0 Å². The molecule has 1 aliphatic rings. The van der Waals surface area contributed by atoms with Crippen molar-refractivity contribution in [2.24, 2.45) is 0 Å². The Hall–Kier alpha value is -0.850. The molecule has 2 N–H and O–H groups in total. The quantitative estimate of drug-likeness (QED) is 0.722. The molecule has 20 heavy (non-hydrogen) atoms. The van der Waals surface area contributed by atoms with Crippen LogP contribution in [0.1, 0.15) is 49.7 Å². The Morgan fingerprint density at radius 1 is 1.25 bits per heavy atom. The molecule has 114 valence electrons. The van der Waals surface area contributed by atoms with Crippen molar-refractivity contribution in [3.05, 3.63) is 17.1 Å². The summed E-state index contributed by atoms with van der Waals surface area (Å²) in [7, 11) is -3.48. The lowest BCUT2D eigenvalue weighted by Gasteiger charge is -2.09. The van der Waals surface area contributed by atoms with Crippen LogP contribution in [0.5, 0.6) is 0 Å². The Morgan fingerprint density at radius 2 is 1.95 bits per heavy atom. The van der Waals surface area contributed by atoms with Gasteiger partial charge in [0, 0.05) is 24.7 Å². The zero-order valence-corrected chi connectivity index (χ0v) is 13.3. The summed E-state index contributed by atoms with van der Waals surface area (Å²) in [5.74, 6) is 1.16. The summed E-state index contributed by atoms with van der Waals surface area (Å²) in [5, 5.41) is 3.35. The van der Waals surface area contributed by atoms with Crippen LogP contribution in [0.4, 0.5) is 0 Å². The van der Waals surface area contributed by atoms with Gasteiger partial charge in [-0.05, 0) is 33.1 Å². The van der Waals surface area contributed by atoms with Crippen LogP contribution >= 0.6 is 0 Å². The molecular weight excluding hydrogens is 276 g/mol. The third kappa shape index (κ3) is 3.62. The van der Waals surface area contributed by atoms with E-state index in [-0.39, 0.29) is 0 Å². The molecule has 1 aromatic rings. The SMILES string of the molecule is CCCCNS(=O)(=O)c1c(C)oc(C)c1CNC1CC1. The molecule has 1 heterocycles. The first-order chi connectivity index (χ1) is 9.45. The molecule has 1 fully saturated rings. The van der Waals surface area contributed by atoms with Gasteiger partial charge in [0.1, 0.15) is 16.4 Å². The van der Waals surface area contributed by atoms with Crippen molar-refractivity contribution in [2.45, 2.75) is 63.9 Å². The van der Waals surface area contributed by atoms with Gasteiger partial charge in [0.05, 0.1) is 0 Å². The van der Waals surface area contributed by atoms with E-state index < -0.39 is 10.0 Å². The van der Waals surface area contributed by atoms with E-state index in [1.54, 1.807) is 6.92 Å². The molecule has 5 nitrogen and oxygen atoms in total. The molecule has 0 aromatic carbocycles. The van der Waals surface area contributed by atoms with Crippen LogP contribution in [-0.4, -0.2) is 21.0 Å². The Labute approximate surface area is 121 Å². The lowest BCUT2D eigenvalue weighted by atomic mass is 10.2. The molecule has 0 atom stereocenters. The van der Waals surface area contributed by atoms with E-state index in [1.165, 1.54) is 12.8 Å². The first kappa shape index (κ1) is 15.5. The molecule has 0 unspecified atom stereocenters. The number of nitrogens with one attached hydrogen (secondary N) is 2. The van der Waals surface area contributed by atoms with Gasteiger partial charge in [-0.1, -0.05) is 13.3 Å². The van der Waals surface area contributed by atoms with Crippen LogP contribution in [0.25, 0.3) is 0 Å². The van der Waals surface area contributed by atoms with Gasteiger partial charge in [-0.2, -0.15) is 0 Å². The van der Waals surface area contributed by atoms with Crippen LogP contribution in [0.3, 0.4) is 0 Å². The molecule has 0 saturated heterocycles. The number of hydrogen-bond donors (Lipinski definition) is 2. The maximum Gasteiger partial charge on any atom is 0.244 e. The largest absolute Gasteiger partial charge is 0.465 e. The van der Waals surface area contributed by atoms with Crippen LogP contribution < -0.4 is 10.0 Å². The zero-order valence-electron chi connectivity index (χ0n) is 12.5. The van der Waals surface area contributed by atoms with E-state index in [9.17, 15) is 8.42 Å². The second-order valence-electron chi connectivity index (χ2n) is 5.43. The summed E-state index contributed by atoms with van der Waals surface area (Å²) in [6.45, 7) is 6.59. The maximum atomic E-state index is 12.4. The highest BCUT2D eigenvalue weighted by atomic mass is 32.2. The van der Waals surface area contributed by atoms with Gasteiger partial charge >= 0.3 is 0 Å². The van der Waals surface area contributed by atoms with Gasteiger partial charge < -0.3 is 9.73 Å². The van der Waals surface area contributed by atoms with Crippen molar-refractivity contribution in [2.75, 3.05) is 6.54 Å². The molecule has 6 heteroatoms. The normalized spacial score (nSPS) is 15.8. The highest BCUT2D eigenvalue weighted by Crippen LogP contribution is 2.28. The van der Waals surface area contributed by atoms with Crippen molar-refractivity contribution in [3.63, 3.8) is 0 Å². The molecule has 2 rings (SSSR count). The Balaban J connectivity index is 2.19. The van der Waals surface area contributed by atoms with E-state index in [0.29, 0.717) is 35.5 Å². The van der Waals surface area contributed by atoms with Crippen molar-refractivity contribution in [3.8, 4) is 0 Å². The van der Waals surface area contributed by atoms with Crippen LogP contribution in [0.15, 0.2) is 9.31 Å². The molecule has 0 spiro atoms. The van der Waals surface area contributed by atoms with Crippen LogP contribution in [-0.2, 0) is 16.6 Å². The minimum Gasteiger partial charge on any atom is -0.465 e. The summed E-state index contributed by atoms with van der Waals surface area (Å²) in [6, 6.07) is 0.535. The average molecular weight is 300 g/mol. The molecular formula is C14H24N2O3S. The van der Waals surface area contributed by atoms with Crippen molar-refractivity contribution in [1.29, 1.82) is 0 Å². The number of sulfonamides is 1. The first-order valence-corrected chi connectivity index (χ1v) is 8.76. The molecule has 1 aromatic heterocycles. The lowest BCUT2D eigenvalue weighted by molar-refractivity contribution is 0.492. The summed E-state index contributed by atoms with van der Waals surface area (Å²) in [4.78, 5) is 0.319. The van der Waals surface area contributed by atoms with Gasteiger partial charge in [0.2, 0.25) is 10.0 Å². The van der Waals surface area contributed by atoms with Gasteiger partial charge in [0.15, 0.2) is 0 Å². The van der Waals surface area contributed by atoms with Gasteiger partial charge in [-0.15, -0.1) is 0 Å². The van der Waals surface area contributed by atoms with E-state index in [0.717, 1.165) is 18.4 Å². The van der Waals surface area contributed by atoms with Crippen molar-refractivity contribution >= 4 is 10.0 Å². The predicted octanol–water partition coefficient (Wildman–Crippen LogP) is 2.23. The highest BCUT2D eigenvalue weighted by molar-refractivity contribution is 7.89. The molecule has 0 bridgehead atoms. The highest BCUT2D eigenvalue weighted by Gasteiger charge is 2.28. The molecule has 0 amide bonds. The second kappa shape index (κ2) is 6.28. The smallest absolute Gasteiger partial charge is 0.244 e. The monoisotopic (exact) mass is 300 g/mol. The van der Waals surface area contributed by atoms with E-state index in [1.807, 2.05) is 13.8 Å². The van der Waals surface area contributed by atoms with Crippen LogP contribution in [0.2, 0.25) is 0 Å². The van der Waals surface area contributed by atoms with Gasteiger partial charge in [-0.25, -0.2) is 13.1 Å². The second-order valence-corrected chi connectivity index (χ2v) is 7.13. The standard InChI is InChI=1S/C14H24N2O3S/c1-4-5-8-16-20(17,18)14-11(3)19-10(2)13(14)9-15-12-6-7-12/h12,15-16H,4-9H2,1-3H3. The Morgan fingerprint density at radius 3 is 2.55 bits per heavy atom. The fourth-order valence-electron chi connectivity index (χ4n) is 2.26. The number of aryl methyl sites for hydroxylation is 2. The fraction of sp³-hybridized carbons (Fsp3) is 0.714. The Kier molecular flexibility index (Phi) is 4.88. The number of hydrogen-bond acceptors (Lipinski definition) is 4. The van der Waals surface area contributed by atoms with Crippen molar-refractivity contribution in [1.82, 2.24) is 10.0 Å². The predicted molar refractivity (Wildman–Crippen MR) is 78.1 cm³/mol. The fourth-order valence-corrected chi connectivity index (χ4v) is 3.77. The Bertz CT molecular complexity index is 559. The third-order valence-electron chi connectivity index (χ3n) is 3.56. The number of rotatable bonds is 8. The first-order valence-electron chi connectivity index (χ1n) is 7.27. The molecule has 1 aliphatic carbocycles. The summed E-state index contributed by atoms with van der Waals surface area (Å²) < 4.78 is 33.0. The van der Waals surface area contributed by atoms with E-state index in [4.69, 9.17) is 4.42 Å². The summed E-state index contributed by atoms with van der Waals surface area (Å²) in [6.07, 6.45) is 4.15. The molecule has 1 saturated carbocycles. The van der Waals surface area contributed by atoms with E-state index >= 15 is 0 Å².